The Balaban J connectivity index is 1.44. The molecule has 168 valence electrons. The number of hydrogen-bond donors (Lipinski definition) is 1. The normalized spacial score (nSPS) is 16.8. The molecule has 9 heteroatoms. The average Bonchev–Trinajstić information content (AvgIpc) is 3.34. The third kappa shape index (κ3) is 4.72. The third-order valence-corrected chi connectivity index (χ3v) is 6.06. The van der Waals surface area contributed by atoms with Crippen molar-refractivity contribution in [1.82, 2.24) is 9.80 Å². The van der Waals surface area contributed by atoms with Crippen LogP contribution < -0.4 is 10.2 Å². The van der Waals surface area contributed by atoms with Gasteiger partial charge in [-0.2, -0.15) is 0 Å². The van der Waals surface area contributed by atoms with E-state index in [0.29, 0.717) is 30.0 Å². The lowest BCUT2D eigenvalue weighted by Crippen LogP contribution is -2.47. The lowest BCUT2D eigenvalue weighted by atomic mass is 10.1. The van der Waals surface area contributed by atoms with Gasteiger partial charge in [0.25, 0.3) is 17.5 Å². The Bertz CT molecular complexity index is 1010. The smallest absolute Gasteiger partial charge is 0.293 e. The van der Waals surface area contributed by atoms with E-state index in [1.165, 1.54) is 6.07 Å². The van der Waals surface area contributed by atoms with Crippen molar-refractivity contribution in [2.24, 2.45) is 0 Å². The zero-order valence-electron chi connectivity index (χ0n) is 18.1. The molecule has 0 unspecified atom stereocenters. The molecule has 1 N–H and O–H groups in total. The van der Waals surface area contributed by atoms with Crippen LogP contribution in [0.5, 0.6) is 0 Å². The first-order chi connectivity index (χ1) is 15.4. The van der Waals surface area contributed by atoms with E-state index in [1.54, 1.807) is 36.4 Å². The molecule has 9 nitrogen and oxygen atoms in total. The summed E-state index contributed by atoms with van der Waals surface area (Å²) in [6, 6.07) is 11.3. The van der Waals surface area contributed by atoms with Gasteiger partial charge in [-0.15, -0.1) is 0 Å². The Morgan fingerprint density at radius 2 is 1.53 bits per heavy atom. The van der Waals surface area contributed by atoms with Crippen LogP contribution in [0, 0.1) is 10.1 Å². The summed E-state index contributed by atoms with van der Waals surface area (Å²) in [6.45, 7) is 4.66. The molecule has 0 atom stereocenters. The summed E-state index contributed by atoms with van der Waals surface area (Å²) in [7, 11) is 2.04. The third-order valence-electron chi connectivity index (χ3n) is 6.06. The van der Waals surface area contributed by atoms with E-state index in [0.717, 1.165) is 39.0 Å². The minimum atomic E-state index is -0.441. The van der Waals surface area contributed by atoms with Gasteiger partial charge in [-0.1, -0.05) is 0 Å². The number of benzene rings is 2. The number of carbonyl (C=O) groups excluding carboxylic acids is 2. The van der Waals surface area contributed by atoms with Crippen LogP contribution in [0.4, 0.5) is 17.1 Å². The van der Waals surface area contributed by atoms with Gasteiger partial charge in [0, 0.05) is 62.1 Å². The molecule has 0 radical (unpaired) electrons. The summed E-state index contributed by atoms with van der Waals surface area (Å²) in [5.41, 5.74) is 1.80. The molecule has 2 saturated heterocycles. The van der Waals surface area contributed by atoms with Gasteiger partial charge in [0.2, 0.25) is 0 Å². The number of piperazine rings is 1. The highest BCUT2D eigenvalue weighted by Gasteiger charge is 2.24. The minimum Gasteiger partial charge on any atom is -0.366 e. The summed E-state index contributed by atoms with van der Waals surface area (Å²) in [5, 5.41) is 14.3. The fraction of sp³-hybridized carbons (Fsp3) is 0.391. The van der Waals surface area contributed by atoms with E-state index in [1.807, 2.05) is 16.8 Å². The summed E-state index contributed by atoms with van der Waals surface area (Å²) < 4.78 is 0. The van der Waals surface area contributed by atoms with Crippen LogP contribution >= 0.6 is 0 Å². The topological polar surface area (TPSA) is 99.0 Å². The number of amides is 2. The number of rotatable bonds is 5. The highest BCUT2D eigenvalue weighted by molar-refractivity contribution is 6.05. The second-order valence-corrected chi connectivity index (χ2v) is 8.28. The van der Waals surface area contributed by atoms with Gasteiger partial charge in [0.1, 0.15) is 5.69 Å². The van der Waals surface area contributed by atoms with Crippen molar-refractivity contribution in [3.8, 4) is 0 Å². The molecule has 2 aromatic rings. The highest BCUT2D eigenvalue weighted by Crippen LogP contribution is 2.32. The Morgan fingerprint density at radius 3 is 2.16 bits per heavy atom. The van der Waals surface area contributed by atoms with E-state index < -0.39 is 10.8 Å². The number of nitro benzene ring substituents is 1. The van der Waals surface area contributed by atoms with Gasteiger partial charge in [0.05, 0.1) is 4.92 Å². The molecule has 0 saturated carbocycles. The maximum Gasteiger partial charge on any atom is 0.293 e. The molecule has 0 spiro atoms. The maximum atomic E-state index is 12.7. The molecule has 0 aliphatic carbocycles. The molecule has 2 aliphatic rings. The molecule has 2 aliphatic heterocycles. The van der Waals surface area contributed by atoms with Crippen molar-refractivity contribution in [2.45, 2.75) is 12.8 Å². The van der Waals surface area contributed by atoms with Gasteiger partial charge in [-0.05, 0) is 56.3 Å². The number of nitrogens with one attached hydrogen (secondary N) is 1. The molecule has 2 heterocycles. The van der Waals surface area contributed by atoms with Crippen molar-refractivity contribution in [3.63, 3.8) is 0 Å². The molecule has 0 aromatic heterocycles. The number of nitro groups is 1. The SMILES string of the molecule is CN1CCN(C(=O)c2ccc(NC(=O)c3ccc(N4CCCC4)c([N+](=O)[O-])c3)cc2)CC1. The van der Waals surface area contributed by atoms with Crippen LogP contribution in [0.3, 0.4) is 0 Å². The first-order valence-corrected chi connectivity index (χ1v) is 10.8. The van der Waals surface area contributed by atoms with Crippen LogP contribution in [0.15, 0.2) is 42.5 Å². The Hall–Kier alpha value is -3.46. The molecule has 2 aromatic carbocycles. The fourth-order valence-electron chi connectivity index (χ4n) is 4.13. The highest BCUT2D eigenvalue weighted by atomic mass is 16.6. The van der Waals surface area contributed by atoms with Gasteiger partial charge in [0.15, 0.2) is 0 Å². The van der Waals surface area contributed by atoms with Crippen molar-refractivity contribution >= 4 is 28.9 Å². The van der Waals surface area contributed by atoms with Gasteiger partial charge >= 0.3 is 0 Å². The number of anilines is 2. The molecule has 2 amide bonds. The Morgan fingerprint density at radius 1 is 0.906 bits per heavy atom. The number of hydrogen-bond acceptors (Lipinski definition) is 6. The fourth-order valence-corrected chi connectivity index (χ4v) is 4.13. The summed E-state index contributed by atoms with van der Waals surface area (Å²) in [4.78, 5) is 42.5. The molecule has 0 bridgehead atoms. The second kappa shape index (κ2) is 9.35. The minimum absolute atomic E-state index is 0.0240. The van der Waals surface area contributed by atoms with Crippen molar-refractivity contribution < 1.29 is 14.5 Å². The first kappa shape index (κ1) is 21.8. The predicted molar refractivity (Wildman–Crippen MR) is 122 cm³/mol. The van der Waals surface area contributed by atoms with E-state index in [9.17, 15) is 19.7 Å². The maximum absolute atomic E-state index is 12.7. The van der Waals surface area contributed by atoms with E-state index >= 15 is 0 Å². The average molecular weight is 438 g/mol. The molecular formula is C23H27N5O4. The zero-order valence-corrected chi connectivity index (χ0v) is 18.1. The lowest BCUT2D eigenvalue weighted by Gasteiger charge is -2.32. The van der Waals surface area contributed by atoms with Gasteiger partial charge < -0.3 is 20.0 Å². The van der Waals surface area contributed by atoms with E-state index in [4.69, 9.17) is 0 Å². The first-order valence-electron chi connectivity index (χ1n) is 10.8. The van der Waals surface area contributed by atoms with Gasteiger partial charge in [-0.25, -0.2) is 0 Å². The lowest BCUT2D eigenvalue weighted by molar-refractivity contribution is -0.384. The van der Waals surface area contributed by atoms with E-state index in [2.05, 4.69) is 10.2 Å². The Labute approximate surface area is 186 Å². The zero-order chi connectivity index (χ0) is 22.7. The van der Waals surface area contributed by atoms with E-state index in [-0.39, 0.29) is 17.2 Å². The number of nitrogens with zero attached hydrogens (tertiary/aromatic N) is 4. The van der Waals surface area contributed by atoms with Gasteiger partial charge in [-0.3, -0.25) is 19.7 Å². The van der Waals surface area contributed by atoms with Crippen molar-refractivity contribution in [2.75, 3.05) is 56.5 Å². The second-order valence-electron chi connectivity index (χ2n) is 8.28. The molecule has 2 fully saturated rings. The van der Waals surface area contributed by atoms with Crippen molar-refractivity contribution in [1.29, 1.82) is 0 Å². The Kier molecular flexibility index (Phi) is 6.36. The summed E-state index contributed by atoms with van der Waals surface area (Å²) >= 11 is 0. The molecular weight excluding hydrogens is 410 g/mol. The summed E-state index contributed by atoms with van der Waals surface area (Å²) in [6.07, 6.45) is 2.01. The molecule has 32 heavy (non-hydrogen) atoms. The quantitative estimate of drug-likeness (QED) is 0.571. The largest absolute Gasteiger partial charge is 0.366 e. The van der Waals surface area contributed by atoms with Crippen molar-refractivity contribution in [3.05, 3.63) is 63.7 Å². The standard InChI is InChI=1S/C23H27N5O4/c1-25-12-14-27(15-13-25)23(30)17-4-7-19(8-5-17)24-22(29)18-6-9-20(21(16-18)28(31)32)26-10-2-3-11-26/h4-9,16H,2-3,10-15H2,1H3,(H,24,29). The van der Waals surface area contributed by atoms with Crippen LogP contribution in [0.1, 0.15) is 33.6 Å². The van der Waals surface area contributed by atoms with Crippen LogP contribution in [0.2, 0.25) is 0 Å². The van der Waals surface area contributed by atoms with Crippen LogP contribution in [-0.2, 0) is 0 Å². The number of likely N-dealkylation sites (N-methyl/N-ethyl adjacent to an activating group) is 1. The molecule has 4 rings (SSSR count). The monoisotopic (exact) mass is 437 g/mol. The summed E-state index contributed by atoms with van der Waals surface area (Å²) in [5.74, 6) is -0.455. The predicted octanol–water partition coefficient (Wildman–Crippen LogP) is 2.83. The number of carbonyl (C=O) groups is 2. The van der Waals surface area contributed by atoms with Crippen LogP contribution in [-0.4, -0.2) is 72.9 Å². The van der Waals surface area contributed by atoms with Crippen LogP contribution in [0.25, 0.3) is 0 Å².